The summed E-state index contributed by atoms with van der Waals surface area (Å²) < 4.78 is 29.8. The Morgan fingerprint density at radius 1 is 1.25 bits per heavy atom. The summed E-state index contributed by atoms with van der Waals surface area (Å²) in [5.74, 6) is -4.68. The molecule has 0 radical (unpaired) electrons. The number of carboxylic acids is 1. The minimum Gasteiger partial charge on any atom is -0.479 e. The van der Waals surface area contributed by atoms with E-state index in [9.17, 15) is 29.3 Å². The summed E-state index contributed by atoms with van der Waals surface area (Å²) >= 11 is 0. The first kappa shape index (κ1) is 20.0. The van der Waals surface area contributed by atoms with Crippen molar-refractivity contribution in [3.8, 4) is 0 Å². The minimum absolute atomic E-state index is 0.0219. The van der Waals surface area contributed by atoms with Crippen LogP contribution in [0.4, 0.5) is 8.78 Å². The maximum Gasteiger partial charge on any atom is 0.336 e. The molecule has 0 saturated heterocycles. The van der Waals surface area contributed by atoms with Crippen LogP contribution in [0.3, 0.4) is 0 Å². The molecule has 0 aromatic carbocycles. The van der Waals surface area contributed by atoms with E-state index in [-0.39, 0.29) is 43.1 Å². The first-order valence-corrected chi connectivity index (χ1v) is 10.1. The van der Waals surface area contributed by atoms with Crippen LogP contribution in [-0.4, -0.2) is 44.9 Å². The zero-order valence-electron chi connectivity index (χ0n) is 16.4. The number of allylic oxidation sites excluding steroid dienone is 1. The predicted octanol–water partition coefficient (Wildman–Crippen LogP) is 2.80. The third-order valence-electron chi connectivity index (χ3n) is 8.86. The van der Waals surface area contributed by atoms with Crippen LogP contribution in [-0.2, 0) is 9.59 Å². The number of aliphatic carboxylic acids is 1. The Hall–Kier alpha value is -1.34. The lowest BCUT2D eigenvalue weighted by molar-refractivity contribution is -0.201. The van der Waals surface area contributed by atoms with Gasteiger partial charge < -0.3 is 15.3 Å². The summed E-state index contributed by atoms with van der Waals surface area (Å²) in [6.07, 6.45) is -1.98. The first-order valence-electron chi connectivity index (χ1n) is 10.1. The molecular weight excluding hydrogens is 370 g/mol. The number of fused-ring (bicyclic) bond motifs is 5. The molecule has 0 aromatic heterocycles. The second kappa shape index (κ2) is 5.85. The summed E-state index contributed by atoms with van der Waals surface area (Å²) in [7, 11) is 0. The van der Waals surface area contributed by atoms with Crippen LogP contribution in [0.15, 0.2) is 11.4 Å². The molecule has 3 N–H and O–H groups in total. The van der Waals surface area contributed by atoms with E-state index in [2.05, 4.69) is 0 Å². The lowest BCUT2D eigenvalue weighted by Gasteiger charge is -2.60. The molecule has 0 amide bonds. The van der Waals surface area contributed by atoms with E-state index in [0.717, 1.165) is 0 Å². The summed E-state index contributed by atoms with van der Waals surface area (Å²) in [6, 6.07) is 0. The van der Waals surface area contributed by atoms with E-state index >= 15 is 4.39 Å². The largest absolute Gasteiger partial charge is 0.479 e. The second-order valence-electron chi connectivity index (χ2n) is 9.96. The first-order chi connectivity index (χ1) is 12.9. The van der Waals surface area contributed by atoms with Crippen LogP contribution in [0.5, 0.6) is 0 Å². The van der Waals surface area contributed by atoms with Crippen LogP contribution in [0.2, 0.25) is 0 Å². The Morgan fingerprint density at radius 3 is 2.50 bits per heavy atom. The smallest absolute Gasteiger partial charge is 0.336 e. The lowest BCUT2D eigenvalue weighted by atomic mass is 9.45. The van der Waals surface area contributed by atoms with Crippen molar-refractivity contribution in [2.24, 2.45) is 34.5 Å². The van der Waals surface area contributed by atoms with E-state index in [0.29, 0.717) is 6.42 Å². The number of halogens is 2. The Bertz CT molecular complexity index is 781. The van der Waals surface area contributed by atoms with Crippen LogP contribution in [0.1, 0.15) is 52.9 Å². The van der Waals surface area contributed by atoms with Crippen LogP contribution >= 0.6 is 0 Å². The fourth-order valence-corrected chi connectivity index (χ4v) is 7.59. The van der Waals surface area contributed by atoms with E-state index in [4.69, 9.17) is 0 Å². The summed E-state index contributed by atoms with van der Waals surface area (Å²) in [4.78, 5) is 23.8. The molecular formula is C21H28F2O5. The normalized spacial score (nSPS) is 53.5. The number of rotatable bonds is 1. The quantitative estimate of drug-likeness (QED) is 0.631. The summed E-state index contributed by atoms with van der Waals surface area (Å²) in [5, 5.41) is 32.0. The summed E-state index contributed by atoms with van der Waals surface area (Å²) in [5.41, 5.74) is -4.19. The van der Waals surface area contributed by atoms with E-state index in [1.54, 1.807) is 20.8 Å². The molecule has 0 aromatic rings. The Balaban J connectivity index is 1.83. The molecule has 7 heteroatoms. The number of alkyl halides is 1. The predicted molar refractivity (Wildman–Crippen MR) is 95.6 cm³/mol. The number of hydrogen-bond acceptors (Lipinski definition) is 4. The number of aliphatic hydroxyl groups is 2. The van der Waals surface area contributed by atoms with Crippen LogP contribution in [0, 0.1) is 34.5 Å². The van der Waals surface area contributed by atoms with Gasteiger partial charge in [-0.15, -0.1) is 0 Å². The monoisotopic (exact) mass is 398 g/mol. The fraction of sp³-hybridized carbons (Fsp3) is 0.810. The van der Waals surface area contributed by atoms with Crippen molar-refractivity contribution in [3.05, 3.63) is 11.4 Å². The molecule has 0 heterocycles. The molecule has 4 unspecified atom stereocenters. The van der Waals surface area contributed by atoms with Crippen molar-refractivity contribution >= 4 is 11.8 Å². The van der Waals surface area contributed by atoms with E-state index < -0.39 is 58.1 Å². The van der Waals surface area contributed by atoms with Crippen LogP contribution < -0.4 is 0 Å². The number of ketones is 1. The molecule has 0 aliphatic heterocycles. The van der Waals surface area contributed by atoms with Crippen molar-refractivity contribution in [3.63, 3.8) is 0 Å². The highest BCUT2D eigenvalue weighted by molar-refractivity contribution is 5.95. The number of carbonyl (C=O) groups excluding carboxylic acids is 1. The van der Waals surface area contributed by atoms with Gasteiger partial charge in [0.05, 0.1) is 6.10 Å². The van der Waals surface area contributed by atoms with Gasteiger partial charge in [-0.05, 0) is 49.4 Å². The Morgan fingerprint density at radius 2 is 1.89 bits per heavy atom. The SMILES string of the molecule is CC1C[C@H]2[C@@H]3CC(F)C4=C(F)C(=O)CC[C@]4(C)[C@@H]3C(O)C[C@]2(C)C1(O)C(=O)O. The second-order valence-corrected chi connectivity index (χ2v) is 9.96. The van der Waals surface area contributed by atoms with Gasteiger partial charge in [-0.2, -0.15) is 0 Å². The van der Waals surface area contributed by atoms with Crippen molar-refractivity contribution in [2.75, 3.05) is 0 Å². The molecule has 28 heavy (non-hydrogen) atoms. The highest BCUT2D eigenvalue weighted by atomic mass is 19.1. The minimum atomic E-state index is -2.00. The van der Waals surface area contributed by atoms with Gasteiger partial charge in [-0.25, -0.2) is 13.6 Å². The zero-order valence-corrected chi connectivity index (χ0v) is 16.4. The maximum atomic E-state index is 15.2. The zero-order chi connectivity index (χ0) is 20.8. The number of carbonyl (C=O) groups is 2. The van der Waals surface area contributed by atoms with Gasteiger partial charge in [0.15, 0.2) is 17.2 Å². The standard InChI is InChI=1S/C21H28F2O5/c1-9-6-11-10-7-12(22)16-17(23)13(24)4-5-19(16,2)15(10)14(25)8-20(11,3)21(9,28)18(26)27/h9-12,14-15,25,28H,4-8H2,1-3H3,(H,26,27)/t9?,10-,11-,12?,14?,15-,19+,20-,21?/m0/s1. The molecule has 156 valence electrons. The third-order valence-corrected chi connectivity index (χ3v) is 8.86. The average molecular weight is 398 g/mol. The lowest BCUT2D eigenvalue weighted by Crippen LogP contribution is -2.63. The van der Waals surface area contributed by atoms with Crippen molar-refractivity contribution in [1.82, 2.24) is 0 Å². The topological polar surface area (TPSA) is 94.8 Å². The Kier molecular flexibility index (Phi) is 4.17. The molecule has 9 atom stereocenters. The van der Waals surface area contributed by atoms with Crippen molar-refractivity contribution in [1.29, 1.82) is 0 Å². The third kappa shape index (κ3) is 2.12. The summed E-state index contributed by atoms with van der Waals surface area (Å²) in [6.45, 7) is 5.09. The van der Waals surface area contributed by atoms with Crippen molar-refractivity contribution in [2.45, 2.75) is 70.8 Å². The fourth-order valence-electron chi connectivity index (χ4n) is 7.59. The Labute approximate surface area is 162 Å². The van der Waals surface area contributed by atoms with Gasteiger partial charge in [0.2, 0.25) is 0 Å². The van der Waals surface area contributed by atoms with Gasteiger partial charge in [-0.1, -0.05) is 20.8 Å². The average Bonchev–Trinajstić information content (AvgIpc) is 2.79. The van der Waals surface area contributed by atoms with E-state index in [1.165, 1.54) is 0 Å². The van der Waals surface area contributed by atoms with Gasteiger partial charge in [-0.3, -0.25) is 4.79 Å². The van der Waals surface area contributed by atoms with Gasteiger partial charge in [0.25, 0.3) is 0 Å². The van der Waals surface area contributed by atoms with Crippen molar-refractivity contribution < 1.29 is 33.7 Å². The highest BCUT2D eigenvalue weighted by Gasteiger charge is 2.72. The number of Topliss-reactive ketones (excluding diaryl/α,β-unsaturated/α-hetero) is 1. The van der Waals surface area contributed by atoms with Crippen LogP contribution in [0.25, 0.3) is 0 Å². The molecule has 5 nitrogen and oxygen atoms in total. The molecule has 4 aliphatic carbocycles. The number of aliphatic hydroxyl groups excluding tert-OH is 1. The highest BCUT2D eigenvalue weighted by Crippen LogP contribution is 2.69. The molecule has 0 spiro atoms. The molecule has 3 fully saturated rings. The number of hydrogen-bond donors (Lipinski definition) is 3. The number of carboxylic acid groups (broad SMARTS) is 1. The molecule has 0 bridgehead atoms. The molecule has 3 saturated carbocycles. The van der Waals surface area contributed by atoms with E-state index in [1.807, 2.05) is 0 Å². The van der Waals surface area contributed by atoms with Gasteiger partial charge in [0, 0.05) is 22.8 Å². The van der Waals surface area contributed by atoms with Gasteiger partial charge in [0.1, 0.15) is 6.17 Å². The molecule has 4 aliphatic rings. The maximum absolute atomic E-state index is 15.2. The van der Waals surface area contributed by atoms with Gasteiger partial charge >= 0.3 is 5.97 Å². The molecule has 4 rings (SSSR count).